The van der Waals surface area contributed by atoms with E-state index in [-0.39, 0.29) is 33.8 Å². The number of rotatable bonds is 6. The SMILES string of the molecule is CC[C@@H](C)NC(=O)c1ccccc1NC(=O)CN1c2ccc(F)cc2-c2ccccc2S1(=O)=O. The lowest BCUT2D eigenvalue weighted by atomic mass is 10.0. The first kappa shape index (κ1) is 23.4. The van der Waals surface area contributed by atoms with Crippen LogP contribution in [-0.2, 0) is 14.8 Å². The number of nitrogens with zero attached hydrogens (tertiary/aromatic N) is 1. The highest BCUT2D eigenvalue weighted by Gasteiger charge is 2.36. The maximum Gasteiger partial charge on any atom is 0.265 e. The summed E-state index contributed by atoms with van der Waals surface area (Å²) >= 11 is 0. The molecule has 7 nitrogen and oxygen atoms in total. The van der Waals surface area contributed by atoms with E-state index in [1.165, 1.54) is 18.2 Å². The first-order chi connectivity index (χ1) is 16.2. The van der Waals surface area contributed by atoms with Gasteiger partial charge in [-0.05, 0) is 49.7 Å². The summed E-state index contributed by atoms with van der Waals surface area (Å²) in [5, 5.41) is 5.51. The molecule has 0 aromatic heterocycles. The molecule has 1 aliphatic heterocycles. The molecule has 0 saturated heterocycles. The molecule has 0 spiro atoms. The molecule has 1 heterocycles. The summed E-state index contributed by atoms with van der Waals surface area (Å²) in [6, 6.07) is 16.5. The van der Waals surface area contributed by atoms with Crippen LogP contribution in [0, 0.1) is 5.82 Å². The minimum absolute atomic E-state index is 0.00534. The van der Waals surface area contributed by atoms with Crippen LogP contribution in [0.4, 0.5) is 15.8 Å². The minimum atomic E-state index is -4.07. The Balaban J connectivity index is 1.65. The molecule has 0 radical (unpaired) electrons. The highest BCUT2D eigenvalue weighted by Crippen LogP contribution is 2.43. The second-order valence-electron chi connectivity index (χ2n) is 8.05. The number of hydrogen-bond donors (Lipinski definition) is 2. The molecule has 0 saturated carbocycles. The molecule has 1 atom stereocenters. The van der Waals surface area contributed by atoms with Gasteiger partial charge in [0.15, 0.2) is 0 Å². The molecule has 0 fully saturated rings. The third-order valence-corrected chi connectivity index (χ3v) is 7.51. The number of para-hydroxylation sites is 1. The average molecular weight is 482 g/mol. The highest BCUT2D eigenvalue weighted by molar-refractivity contribution is 7.93. The van der Waals surface area contributed by atoms with Crippen LogP contribution in [0.1, 0.15) is 30.6 Å². The molecule has 1 aliphatic rings. The van der Waals surface area contributed by atoms with Gasteiger partial charge in [0.2, 0.25) is 5.91 Å². The summed E-state index contributed by atoms with van der Waals surface area (Å²) in [6.45, 7) is 3.27. The summed E-state index contributed by atoms with van der Waals surface area (Å²) in [5.41, 5.74) is 1.50. The number of halogens is 1. The predicted octanol–water partition coefficient (Wildman–Crippen LogP) is 4.17. The molecular formula is C25H24FN3O4S. The number of fused-ring (bicyclic) bond motifs is 3. The molecule has 4 rings (SSSR count). The standard InChI is InChI=1S/C25H24FN3O4S/c1-3-16(2)27-25(31)19-9-4-6-10-21(19)28-24(30)15-29-22-13-12-17(26)14-20(22)18-8-5-7-11-23(18)34(29,32)33/h4-14,16H,3,15H2,1-2H3,(H,27,31)(H,28,30)/t16-/m1/s1. The summed E-state index contributed by atoms with van der Waals surface area (Å²) in [7, 11) is -4.07. The molecule has 34 heavy (non-hydrogen) atoms. The fourth-order valence-electron chi connectivity index (χ4n) is 3.79. The lowest BCUT2D eigenvalue weighted by molar-refractivity contribution is -0.114. The number of hydrogen-bond acceptors (Lipinski definition) is 4. The number of amides is 2. The van der Waals surface area contributed by atoms with Gasteiger partial charge in [0.05, 0.1) is 21.8 Å². The third-order valence-electron chi connectivity index (χ3n) is 5.70. The van der Waals surface area contributed by atoms with Crippen molar-refractivity contribution in [2.75, 3.05) is 16.2 Å². The topological polar surface area (TPSA) is 95.6 Å². The van der Waals surface area contributed by atoms with Crippen LogP contribution in [0.15, 0.2) is 71.6 Å². The van der Waals surface area contributed by atoms with Crippen molar-refractivity contribution in [3.63, 3.8) is 0 Å². The quantitative estimate of drug-likeness (QED) is 0.553. The lowest BCUT2D eigenvalue weighted by Gasteiger charge is -2.31. The van der Waals surface area contributed by atoms with Crippen LogP contribution in [0.5, 0.6) is 0 Å². The van der Waals surface area contributed by atoms with Crippen molar-refractivity contribution in [3.05, 3.63) is 78.1 Å². The van der Waals surface area contributed by atoms with Crippen LogP contribution < -0.4 is 14.9 Å². The van der Waals surface area contributed by atoms with Gasteiger partial charge >= 0.3 is 0 Å². The second-order valence-corrected chi connectivity index (χ2v) is 9.88. The summed E-state index contributed by atoms with van der Waals surface area (Å²) in [6.07, 6.45) is 0.745. The van der Waals surface area contributed by atoms with Gasteiger partial charge in [-0.15, -0.1) is 0 Å². The largest absolute Gasteiger partial charge is 0.350 e. The number of anilines is 2. The zero-order valence-electron chi connectivity index (χ0n) is 18.7. The maximum absolute atomic E-state index is 14.0. The second kappa shape index (κ2) is 9.26. The van der Waals surface area contributed by atoms with Gasteiger partial charge < -0.3 is 10.6 Å². The average Bonchev–Trinajstić information content (AvgIpc) is 2.82. The van der Waals surface area contributed by atoms with E-state index in [0.717, 1.165) is 16.8 Å². The smallest absolute Gasteiger partial charge is 0.265 e. The van der Waals surface area contributed by atoms with Gasteiger partial charge in [-0.1, -0.05) is 37.3 Å². The fourth-order valence-corrected chi connectivity index (χ4v) is 5.44. The molecule has 0 unspecified atom stereocenters. The van der Waals surface area contributed by atoms with Crippen LogP contribution in [-0.4, -0.2) is 32.8 Å². The van der Waals surface area contributed by atoms with E-state index >= 15 is 0 Å². The first-order valence-corrected chi connectivity index (χ1v) is 12.3. The van der Waals surface area contributed by atoms with E-state index in [0.29, 0.717) is 11.1 Å². The van der Waals surface area contributed by atoms with Crippen molar-refractivity contribution in [2.45, 2.75) is 31.2 Å². The van der Waals surface area contributed by atoms with E-state index in [2.05, 4.69) is 10.6 Å². The van der Waals surface area contributed by atoms with E-state index in [9.17, 15) is 22.4 Å². The monoisotopic (exact) mass is 481 g/mol. The molecule has 2 N–H and O–H groups in total. The molecule has 0 aliphatic carbocycles. The Bertz CT molecular complexity index is 1370. The highest BCUT2D eigenvalue weighted by atomic mass is 32.2. The van der Waals surface area contributed by atoms with E-state index in [1.54, 1.807) is 42.5 Å². The molecule has 3 aromatic carbocycles. The van der Waals surface area contributed by atoms with E-state index in [4.69, 9.17) is 0 Å². The van der Waals surface area contributed by atoms with Gasteiger partial charge in [-0.3, -0.25) is 13.9 Å². The number of nitrogens with one attached hydrogen (secondary N) is 2. The number of carbonyl (C=O) groups excluding carboxylic acids is 2. The third kappa shape index (κ3) is 4.38. The number of benzene rings is 3. The normalized spacial score (nSPS) is 14.5. The molecular weight excluding hydrogens is 457 g/mol. The number of sulfonamides is 1. The summed E-state index contributed by atoms with van der Waals surface area (Å²) in [4.78, 5) is 25.6. The summed E-state index contributed by atoms with van der Waals surface area (Å²) < 4.78 is 41.7. The van der Waals surface area contributed by atoms with Gasteiger partial charge in [0, 0.05) is 17.2 Å². The molecule has 0 bridgehead atoms. The van der Waals surface area contributed by atoms with E-state index < -0.39 is 28.3 Å². The van der Waals surface area contributed by atoms with Crippen molar-refractivity contribution in [2.24, 2.45) is 0 Å². The van der Waals surface area contributed by atoms with Crippen LogP contribution in [0.3, 0.4) is 0 Å². The van der Waals surface area contributed by atoms with Crippen molar-refractivity contribution in [3.8, 4) is 11.1 Å². The number of carbonyl (C=O) groups is 2. The lowest BCUT2D eigenvalue weighted by Crippen LogP contribution is -2.40. The Morgan fingerprint density at radius 2 is 1.71 bits per heavy atom. The first-order valence-electron chi connectivity index (χ1n) is 10.8. The fraction of sp³-hybridized carbons (Fsp3) is 0.200. The molecule has 2 amide bonds. The summed E-state index contributed by atoms with van der Waals surface area (Å²) in [5.74, 6) is -1.49. The van der Waals surface area contributed by atoms with Gasteiger partial charge in [0.1, 0.15) is 12.4 Å². The zero-order chi connectivity index (χ0) is 24.5. The molecule has 9 heteroatoms. The Kier molecular flexibility index (Phi) is 6.39. The maximum atomic E-state index is 14.0. The van der Waals surface area contributed by atoms with Crippen molar-refractivity contribution < 1.29 is 22.4 Å². The minimum Gasteiger partial charge on any atom is -0.350 e. The van der Waals surface area contributed by atoms with Crippen molar-refractivity contribution >= 4 is 33.2 Å². The predicted molar refractivity (Wildman–Crippen MR) is 129 cm³/mol. The van der Waals surface area contributed by atoms with Crippen LogP contribution in [0.25, 0.3) is 11.1 Å². The van der Waals surface area contributed by atoms with Gasteiger partial charge in [-0.2, -0.15) is 0 Å². The Hall–Kier alpha value is -3.72. The van der Waals surface area contributed by atoms with Gasteiger partial charge in [-0.25, -0.2) is 12.8 Å². The van der Waals surface area contributed by atoms with E-state index in [1.807, 2.05) is 13.8 Å². The van der Waals surface area contributed by atoms with Gasteiger partial charge in [0.25, 0.3) is 15.9 Å². The molecule has 3 aromatic rings. The Morgan fingerprint density at radius 3 is 2.47 bits per heavy atom. The van der Waals surface area contributed by atoms with Crippen molar-refractivity contribution in [1.82, 2.24) is 5.32 Å². The van der Waals surface area contributed by atoms with Crippen LogP contribution in [0.2, 0.25) is 0 Å². The van der Waals surface area contributed by atoms with Crippen LogP contribution >= 0.6 is 0 Å². The Morgan fingerprint density at radius 1 is 1.00 bits per heavy atom. The molecule has 176 valence electrons. The Labute approximate surface area is 197 Å². The zero-order valence-corrected chi connectivity index (χ0v) is 19.5. The van der Waals surface area contributed by atoms with Crippen molar-refractivity contribution in [1.29, 1.82) is 0 Å².